The number of sulfone groups is 1. The van der Waals surface area contributed by atoms with Crippen LogP contribution in [0.3, 0.4) is 0 Å². The lowest BCUT2D eigenvalue weighted by Crippen LogP contribution is -2.19. The van der Waals surface area contributed by atoms with Gasteiger partial charge in [-0.05, 0) is 52.4 Å². The van der Waals surface area contributed by atoms with Crippen LogP contribution in [0.25, 0.3) is 5.65 Å². The molecular formula is C18H22N4O2S2. The van der Waals surface area contributed by atoms with Gasteiger partial charge in [0, 0.05) is 11.7 Å². The number of aryl methyl sites for hydroxylation is 1. The van der Waals surface area contributed by atoms with Gasteiger partial charge in [-0.2, -0.15) is 5.10 Å². The number of hydrogen-bond acceptors (Lipinski definition) is 6. The number of aromatic nitrogens is 3. The molecule has 0 aliphatic heterocycles. The lowest BCUT2D eigenvalue weighted by atomic mass is 10.2. The molecule has 0 saturated heterocycles. The molecule has 3 rings (SSSR count). The van der Waals surface area contributed by atoms with Gasteiger partial charge in [0.05, 0.1) is 10.6 Å². The Hall–Kier alpha value is -1.90. The summed E-state index contributed by atoms with van der Waals surface area (Å²) >= 11 is 1.31. The maximum absolute atomic E-state index is 13.3. The molecule has 2 heterocycles. The molecule has 3 aromatic rings. The highest BCUT2D eigenvalue weighted by Gasteiger charge is 2.29. The van der Waals surface area contributed by atoms with Crippen LogP contribution in [0, 0.1) is 6.92 Å². The van der Waals surface area contributed by atoms with Crippen molar-refractivity contribution in [3.05, 3.63) is 47.8 Å². The van der Waals surface area contributed by atoms with Crippen molar-refractivity contribution in [2.24, 2.45) is 0 Å². The Balaban J connectivity index is 2.34. The molecule has 0 fully saturated rings. The zero-order valence-electron chi connectivity index (χ0n) is 15.5. The monoisotopic (exact) mass is 390 g/mol. The smallest absolute Gasteiger partial charge is 0.213 e. The minimum absolute atomic E-state index is 0.0543. The van der Waals surface area contributed by atoms with Crippen LogP contribution in [0.4, 0.5) is 0 Å². The van der Waals surface area contributed by atoms with Gasteiger partial charge in [0.2, 0.25) is 9.84 Å². The van der Waals surface area contributed by atoms with Gasteiger partial charge in [0.1, 0.15) is 5.03 Å². The molecule has 1 unspecified atom stereocenters. The largest absolute Gasteiger partial charge is 0.301 e. The Kier molecular flexibility index (Phi) is 5.09. The van der Waals surface area contributed by atoms with Crippen molar-refractivity contribution in [2.45, 2.75) is 34.7 Å². The number of fused-ring (bicyclic) bond motifs is 1. The van der Waals surface area contributed by atoms with Crippen molar-refractivity contribution in [3.8, 4) is 0 Å². The highest BCUT2D eigenvalue weighted by atomic mass is 32.2. The van der Waals surface area contributed by atoms with E-state index < -0.39 is 9.84 Å². The second kappa shape index (κ2) is 7.02. The predicted octanol–water partition coefficient (Wildman–Crippen LogP) is 3.22. The molecule has 0 aliphatic rings. The minimum Gasteiger partial charge on any atom is -0.301 e. The van der Waals surface area contributed by atoms with E-state index in [9.17, 15) is 8.42 Å². The molecule has 0 bridgehead atoms. The van der Waals surface area contributed by atoms with E-state index in [2.05, 4.69) is 10.1 Å². The maximum Gasteiger partial charge on any atom is 0.213 e. The van der Waals surface area contributed by atoms with Gasteiger partial charge in [0.25, 0.3) is 0 Å². The molecule has 2 aromatic heterocycles. The molecule has 1 atom stereocenters. The fourth-order valence-electron chi connectivity index (χ4n) is 2.71. The molecule has 8 heteroatoms. The third-order valence-electron chi connectivity index (χ3n) is 4.43. The van der Waals surface area contributed by atoms with Gasteiger partial charge < -0.3 is 4.90 Å². The van der Waals surface area contributed by atoms with Crippen LogP contribution in [0.2, 0.25) is 0 Å². The Morgan fingerprint density at radius 1 is 1.19 bits per heavy atom. The lowest BCUT2D eigenvalue weighted by Gasteiger charge is -2.19. The van der Waals surface area contributed by atoms with Crippen LogP contribution < -0.4 is 0 Å². The average molecular weight is 391 g/mol. The third kappa shape index (κ3) is 3.13. The summed E-state index contributed by atoms with van der Waals surface area (Å²) in [5.74, 6) is 0. The van der Waals surface area contributed by atoms with E-state index >= 15 is 0 Å². The molecule has 0 N–H and O–H groups in total. The minimum atomic E-state index is -3.72. The third-order valence-corrected chi connectivity index (χ3v) is 7.04. The molecule has 0 saturated carbocycles. The fourth-order valence-corrected chi connectivity index (χ4v) is 5.13. The quantitative estimate of drug-likeness (QED) is 0.623. The molecule has 1 aromatic carbocycles. The SMILES string of the molecule is CSc1nn2c(C)cc(C(C)N(C)C)nc2c1S(=O)(=O)c1ccccc1. The second-order valence-corrected chi connectivity index (χ2v) is 9.03. The van der Waals surface area contributed by atoms with Crippen LogP contribution in [-0.4, -0.2) is 48.3 Å². The summed E-state index contributed by atoms with van der Waals surface area (Å²) in [5, 5.41) is 4.95. The van der Waals surface area contributed by atoms with Crippen LogP contribution in [0.1, 0.15) is 24.4 Å². The molecule has 26 heavy (non-hydrogen) atoms. The molecule has 0 spiro atoms. The molecule has 138 valence electrons. The van der Waals surface area contributed by atoms with E-state index in [-0.39, 0.29) is 15.8 Å². The van der Waals surface area contributed by atoms with Crippen molar-refractivity contribution in [1.29, 1.82) is 0 Å². The highest BCUT2D eigenvalue weighted by Crippen LogP contribution is 2.33. The molecule has 6 nitrogen and oxygen atoms in total. The van der Waals surface area contributed by atoms with E-state index in [0.29, 0.717) is 10.7 Å². The normalized spacial score (nSPS) is 13.5. The van der Waals surface area contributed by atoms with Gasteiger partial charge >= 0.3 is 0 Å². The number of rotatable bonds is 5. The first-order chi connectivity index (χ1) is 12.3. The molecule has 0 radical (unpaired) electrons. The van der Waals surface area contributed by atoms with Crippen molar-refractivity contribution >= 4 is 27.2 Å². The number of benzene rings is 1. The van der Waals surface area contributed by atoms with Crippen molar-refractivity contribution in [2.75, 3.05) is 20.4 Å². The van der Waals surface area contributed by atoms with E-state index in [1.807, 2.05) is 45.2 Å². The van der Waals surface area contributed by atoms with Crippen molar-refractivity contribution in [1.82, 2.24) is 19.5 Å². The second-order valence-electron chi connectivity index (χ2n) is 6.35. The Morgan fingerprint density at radius 2 is 1.85 bits per heavy atom. The zero-order chi connectivity index (χ0) is 19.1. The summed E-state index contributed by atoms with van der Waals surface area (Å²) < 4.78 is 28.2. The number of hydrogen-bond donors (Lipinski definition) is 0. The van der Waals surface area contributed by atoms with E-state index in [4.69, 9.17) is 0 Å². The van der Waals surface area contributed by atoms with Gasteiger partial charge in [-0.25, -0.2) is 17.9 Å². The van der Waals surface area contributed by atoms with Crippen LogP contribution >= 0.6 is 11.8 Å². The first-order valence-corrected chi connectivity index (χ1v) is 10.9. The first kappa shape index (κ1) is 18.9. The van der Waals surface area contributed by atoms with Crippen LogP contribution in [-0.2, 0) is 9.84 Å². The summed E-state index contributed by atoms with van der Waals surface area (Å²) in [6.07, 6.45) is 1.82. The van der Waals surface area contributed by atoms with E-state index in [1.54, 1.807) is 34.8 Å². The molecular weight excluding hydrogens is 368 g/mol. The van der Waals surface area contributed by atoms with Crippen molar-refractivity contribution < 1.29 is 8.42 Å². The summed E-state index contributed by atoms with van der Waals surface area (Å²) in [7, 11) is 0.214. The Bertz CT molecular complexity index is 1040. The van der Waals surface area contributed by atoms with Gasteiger partial charge in [0.15, 0.2) is 10.5 Å². The Morgan fingerprint density at radius 3 is 2.42 bits per heavy atom. The van der Waals surface area contributed by atoms with Gasteiger partial charge in [-0.1, -0.05) is 18.2 Å². The lowest BCUT2D eigenvalue weighted by molar-refractivity contribution is 0.315. The molecule has 0 aliphatic carbocycles. The summed E-state index contributed by atoms with van der Waals surface area (Å²) in [5.41, 5.74) is 2.04. The Labute approximate surface area is 158 Å². The fraction of sp³-hybridized carbons (Fsp3) is 0.333. The maximum atomic E-state index is 13.3. The average Bonchev–Trinajstić information content (AvgIpc) is 3.01. The van der Waals surface area contributed by atoms with Crippen LogP contribution in [0.5, 0.6) is 0 Å². The number of nitrogens with zero attached hydrogens (tertiary/aromatic N) is 4. The van der Waals surface area contributed by atoms with E-state index in [1.165, 1.54) is 11.8 Å². The van der Waals surface area contributed by atoms with Gasteiger partial charge in [-0.15, -0.1) is 11.8 Å². The summed E-state index contributed by atoms with van der Waals surface area (Å²) in [6.45, 7) is 3.95. The van der Waals surface area contributed by atoms with Crippen molar-refractivity contribution in [3.63, 3.8) is 0 Å². The molecule has 0 amide bonds. The summed E-state index contributed by atoms with van der Waals surface area (Å²) in [4.78, 5) is 7.14. The highest BCUT2D eigenvalue weighted by molar-refractivity contribution is 7.99. The predicted molar refractivity (Wildman–Crippen MR) is 104 cm³/mol. The standard InChI is InChI=1S/C18H22N4O2S2/c1-12-11-15(13(2)21(3)4)19-17-16(18(25-5)20-22(12)17)26(23,24)14-9-7-6-8-10-14/h6-11,13H,1-5H3. The van der Waals surface area contributed by atoms with Crippen LogP contribution in [0.15, 0.2) is 51.2 Å². The first-order valence-electron chi connectivity index (χ1n) is 8.18. The topological polar surface area (TPSA) is 67.6 Å². The van der Waals surface area contributed by atoms with Gasteiger partial charge in [-0.3, -0.25) is 0 Å². The van der Waals surface area contributed by atoms with E-state index in [0.717, 1.165) is 11.4 Å². The summed E-state index contributed by atoms with van der Waals surface area (Å²) in [6, 6.07) is 10.4. The number of thioether (sulfide) groups is 1. The zero-order valence-corrected chi connectivity index (χ0v) is 17.1.